The number of hydrogen-bond donors (Lipinski definition) is 1. The van der Waals surface area contributed by atoms with Crippen molar-refractivity contribution in [2.24, 2.45) is 0 Å². The highest BCUT2D eigenvalue weighted by atomic mass is 35.5. The molecule has 0 saturated heterocycles. The van der Waals surface area contributed by atoms with Crippen molar-refractivity contribution in [1.29, 1.82) is 0 Å². The Labute approximate surface area is 132 Å². The van der Waals surface area contributed by atoms with Gasteiger partial charge in [-0.15, -0.1) is 0 Å². The lowest BCUT2D eigenvalue weighted by Gasteiger charge is -2.09. The molecule has 1 N–H and O–H groups in total. The molecule has 110 valence electrons. The zero-order valence-corrected chi connectivity index (χ0v) is 12.7. The van der Waals surface area contributed by atoms with Crippen molar-refractivity contribution in [2.75, 3.05) is 0 Å². The second kappa shape index (κ2) is 6.22. The summed E-state index contributed by atoms with van der Waals surface area (Å²) in [6, 6.07) is 10.2. The number of hydrogen-bond acceptors (Lipinski definition) is 2. The SMILES string of the molecule is Fc1cc(CNC2CC2)cc(Oc2ccc(Cl)c(Cl)c2)c1. The van der Waals surface area contributed by atoms with Crippen molar-refractivity contribution in [3.05, 3.63) is 57.8 Å². The molecule has 0 heterocycles. The molecule has 2 nitrogen and oxygen atoms in total. The van der Waals surface area contributed by atoms with Crippen LogP contribution < -0.4 is 10.1 Å². The topological polar surface area (TPSA) is 21.3 Å². The van der Waals surface area contributed by atoms with E-state index in [-0.39, 0.29) is 5.82 Å². The average molecular weight is 326 g/mol. The van der Waals surface area contributed by atoms with Crippen LogP contribution in [0, 0.1) is 5.82 Å². The minimum absolute atomic E-state index is 0.319. The fourth-order valence-corrected chi connectivity index (χ4v) is 2.30. The zero-order valence-electron chi connectivity index (χ0n) is 11.2. The minimum atomic E-state index is -0.319. The molecule has 0 bridgehead atoms. The van der Waals surface area contributed by atoms with Gasteiger partial charge in [0.2, 0.25) is 0 Å². The van der Waals surface area contributed by atoms with Crippen LogP contribution in [0.5, 0.6) is 11.5 Å². The molecule has 0 amide bonds. The van der Waals surface area contributed by atoms with E-state index in [0.717, 1.165) is 5.56 Å². The summed E-state index contributed by atoms with van der Waals surface area (Å²) < 4.78 is 19.3. The third-order valence-corrected chi connectivity index (χ3v) is 3.97. The Morgan fingerprint density at radius 1 is 1.05 bits per heavy atom. The zero-order chi connectivity index (χ0) is 14.8. The van der Waals surface area contributed by atoms with Crippen molar-refractivity contribution >= 4 is 23.2 Å². The van der Waals surface area contributed by atoms with Crippen LogP contribution in [0.3, 0.4) is 0 Å². The number of ether oxygens (including phenoxy) is 1. The average Bonchev–Trinajstić information content (AvgIpc) is 3.24. The maximum Gasteiger partial charge on any atom is 0.130 e. The molecule has 3 rings (SSSR count). The van der Waals surface area contributed by atoms with Crippen LogP contribution in [-0.2, 0) is 6.54 Å². The number of halogens is 3. The van der Waals surface area contributed by atoms with Crippen LogP contribution in [-0.4, -0.2) is 6.04 Å². The first-order valence-corrected chi connectivity index (χ1v) is 7.51. The molecule has 1 aliphatic rings. The summed E-state index contributed by atoms with van der Waals surface area (Å²) in [6.07, 6.45) is 2.39. The summed E-state index contributed by atoms with van der Waals surface area (Å²) in [4.78, 5) is 0. The van der Waals surface area contributed by atoms with Crippen molar-refractivity contribution in [2.45, 2.75) is 25.4 Å². The molecule has 0 aromatic heterocycles. The Morgan fingerprint density at radius 2 is 1.86 bits per heavy atom. The van der Waals surface area contributed by atoms with Gasteiger partial charge in [-0.3, -0.25) is 0 Å². The fourth-order valence-electron chi connectivity index (χ4n) is 2.01. The van der Waals surface area contributed by atoms with Gasteiger partial charge in [-0.1, -0.05) is 23.2 Å². The van der Waals surface area contributed by atoms with Gasteiger partial charge in [0.15, 0.2) is 0 Å². The lowest BCUT2D eigenvalue weighted by molar-refractivity contribution is 0.475. The van der Waals surface area contributed by atoms with E-state index in [1.807, 2.05) is 6.07 Å². The van der Waals surface area contributed by atoms with E-state index in [0.29, 0.717) is 34.1 Å². The Bertz CT molecular complexity index is 659. The van der Waals surface area contributed by atoms with E-state index in [1.165, 1.54) is 25.0 Å². The Hall–Kier alpha value is -1.29. The number of rotatable bonds is 5. The van der Waals surface area contributed by atoms with Crippen LogP contribution in [0.25, 0.3) is 0 Å². The van der Waals surface area contributed by atoms with Gasteiger partial charge in [0, 0.05) is 24.7 Å². The summed E-state index contributed by atoms with van der Waals surface area (Å²) in [6.45, 7) is 0.639. The van der Waals surface area contributed by atoms with Gasteiger partial charge in [0.25, 0.3) is 0 Å². The van der Waals surface area contributed by atoms with E-state index in [2.05, 4.69) is 5.32 Å². The van der Waals surface area contributed by atoms with Gasteiger partial charge in [-0.05, 0) is 42.7 Å². The molecule has 0 unspecified atom stereocenters. The van der Waals surface area contributed by atoms with Crippen molar-refractivity contribution in [3.8, 4) is 11.5 Å². The molecule has 0 aliphatic heterocycles. The molecule has 1 aliphatic carbocycles. The van der Waals surface area contributed by atoms with Crippen molar-refractivity contribution in [3.63, 3.8) is 0 Å². The van der Waals surface area contributed by atoms with E-state index in [4.69, 9.17) is 27.9 Å². The minimum Gasteiger partial charge on any atom is -0.457 e. The quantitative estimate of drug-likeness (QED) is 0.818. The van der Waals surface area contributed by atoms with Crippen LogP contribution in [0.1, 0.15) is 18.4 Å². The summed E-state index contributed by atoms with van der Waals surface area (Å²) in [7, 11) is 0. The maximum atomic E-state index is 13.7. The van der Waals surface area contributed by atoms with Crippen LogP contribution in [0.4, 0.5) is 4.39 Å². The first-order valence-electron chi connectivity index (χ1n) is 6.76. The van der Waals surface area contributed by atoms with Gasteiger partial charge in [-0.25, -0.2) is 4.39 Å². The monoisotopic (exact) mass is 325 g/mol. The molecular weight excluding hydrogens is 312 g/mol. The van der Waals surface area contributed by atoms with Gasteiger partial charge in [0.1, 0.15) is 17.3 Å². The predicted octanol–water partition coefficient (Wildman–Crippen LogP) is 5.18. The van der Waals surface area contributed by atoms with E-state index in [9.17, 15) is 4.39 Å². The van der Waals surface area contributed by atoms with Crippen LogP contribution in [0.15, 0.2) is 36.4 Å². The number of nitrogens with one attached hydrogen (secondary N) is 1. The van der Waals surface area contributed by atoms with E-state index < -0.39 is 0 Å². The standard InChI is InChI=1S/C16H14Cl2FNO/c17-15-4-3-13(8-16(15)18)21-14-6-10(5-11(19)7-14)9-20-12-1-2-12/h3-8,12,20H,1-2,9H2. The van der Waals surface area contributed by atoms with E-state index >= 15 is 0 Å². The summed E-state index contributed by atoms with van der Waals surface area (Å²) >= 11 is 11.8. The van der Waals surface area contributed by atoms with Crippen molar-refractivity contribution in [1.82, 2.24) is 5.32 Å². The Morgan fingerprint density at radius 3 is 2.57 bits per heavy atom. The molecule has 0 spiro atoms. The molecule has 1 saturated carbocycles. The molecule has 21 heavy (non-hydrogen) atoms. The fraction of sp³-hybridized carbons (Fsp3) is 0.250. The van der Waals surface area contributed by atoms with Crippen LogP contribution >= 0.6 is 23.2 Å². The second-order valence-corrected chi connectivity index (χ2v) is 5.94. The first kappa shape index (κ1) is 14.6. The number of benzene rings is 2. The smallest absolute Gasteiger partial charge is 0.130 e. The third kappa shape index (κ3) is 4.10. The lowest BCUT2D eigenvalue weighted by atomic mass is 10.2. The molecular formula is C16H14Cl2FNO. The predicted molar refractivity (Wildman–Crippen MR) is 82.8 cm³/mol. The Kier molecular flexibility index (Phi) is 4.34. The molecule has 0 atom stereocenters. The molecule has 1 fully saturated rings. The first-order chi connectivity index (χ1) is 10.1. The van der Waals surface area contributed by atoms with Gasteiger partial charge >= 0.3 is 0 Å². The molecule has 5 heteroatoms. The van der Waals surface area contributed by atoms with E-state index in [1.54, 1.807) is 18.2 Å². The summed E-state index contributed by atoms with van der Waals surface area (Å²) in [5.74, 6) is 0.650. The highest BCUT2D eigenvalue weighted by Gasteiger charge is 2.20. The van der Waals surface area contributed by atoms with Gasteiger partial charge in [0.05, 0.1) is 10.0 Å². The summed E-state index contributed by atoms with van der Waals surface area (Å²) in [5.41, 5.74) is 0.858. The molecule has 0 radical (unpaired) electrons. The molecule has 2 aromatic rings. The highest BCUT2D eigenvalue weighted by molar-refractivity contribution is 6.42. The molecule has 2 aromatic carbocycles. The Balaban J connectivity index is 1.75. The summed E-state index contributed by atoms with van der Waals surface area (Å²) in [5, 5.41) is 4.21. The highest BCUT2D eigenvalue weighted by Crippen LogP contribution is 2.30. The normalized spacial score (nSPS) is 14.2. The van der Waals surface area contributed by atoms with Gasteiger partial charge in [-0.2, -0.15) is 0 Å². The third-order valence-electron chi connectivity index (χ3n) is 3.23. The maximum absolute atomic E-state index is 13.7. The second-order valence-electron chi connectivity index (χ2n) is 5.13. The van der Waals surface area contributed by atoms with Crippen LogP contribution in [0.2, 0.25) is 10.0 Å². The van der Waals surface area contributed by atoms with Crippen molar-refractivity contribution < 1.29 is 9.13 Å². The lowest BCUT2D eigenvalue weighted by Crippen LogP contribution is -2.15. The van der Waals surface area contributed by atoms with Gasteiger partial charge < -0.3 is 10.1 Å². The largest absolute Gasteiger partial charge is 0.457 e.